The lowest BCUT2D eigenvalue weighted by atomic mass is 9.73. The van der Waals surface area contributed by atoms with Crippen LogP contribution < -0.4 is 24.8 Å². The summed E-state index contributed by atoms with van der Waals surface area (Å²) in [6, 6.07) is 10.9. The largest absolute Gasteiger partial charge is 0.493 e. The summed E-state index contributed by atoms with van der Waals surface area (Å²) in [6.07, 6.45) is 2.79. The number of carbonyl (C=O) groups excluding carboxylic acids is 2. The van der Waals surface area contributed by atoms with E-state index in [0.717, 1.165) is 16.7 Å². The van der Waals surface area contributed by atoms with Crippen molar-refractivity contribution >= 4 is 18.9 Å². The number of fused-ring (bicyclic) bond motifs is 1. The summed E-state index contributed by atoms with van der Waals surface area (Å²) in [5.41, 5.74) is 1.91. The van der Waals surface area contributed by atoms with Gasteiger partial charge in [-0.25, -0.2) is 0 Å². The minimum Gasteiger partial charge on any atom is -0.493 e. The summed E-state index contributed by atoms with van der Waals surface area (Å²) in [6.45, 7) is 12.2. The number of amides is 2. The first-order valence-corrected chi connectivity index (χ1v) is 15.6. The summed E-state index contributed by atoms with van der Waals surface area (Å²) < 4.78 is 29.5. The average Bonchev–Trinajstić information content (AvgIpc) is 3.21. The van der Waals surface area contributed by atoms with Gasteiger partial charge in [-0.1, -0.05) is 44.2 Å². The van der Waals surface area contributed by atoms with Gasteiger partial charge in [0.1, 0.15) is 6.04 Å². The third kappa shape index (κ3) is 7.34. The quantitative estimate of drug-likeness (QED) is 0.337. The van der Waals surface area contributed by atoms with Crippen LogP contribution in [0.4, 0.5) is 0 Å². The van der Waals surface area contributed by atoms with E-state index >= 15 is 0 Å². The SMILES string of the molecule is COc1cc2c(c(OC)c1OC)CCC(C(=O)N[C@@H](Cc1ccccc1)C(=O)N[C@@H](CC(C)C)B1OC(C)(C)C(C)(C)O1)C2. The monoisotopic (exact) mass is 608 g/mol. The molecule has 1 aliphatic heterocycles. The summed E-state index contributed by atoms with van der Waals surface area (Å²) >= 11 is 0. The highest BCUT2D eigenvalue weighted by Gasteiger charge is 2.54. The van der Waals surface area contributed by atoms with E-state index in [1.54, 1.807) is 21.3 Å². The Morgan fingerprint density at radius 2 is 1.59 bits per heavy atom. The van der Waals surface area contributed by atoms with Gasteiger partial charge in [-0.2, -0.15) is 0 Å². The molecule has 0 radical (unpaired) electrons. The van der Waals surface area contributed by atoms with E-state index in [0.29, 0.717) is 49.4 Å². The van der Waals surface area contributed by atoms with Crippen molar-refractivity contribution in [2.45, 2.75) is 96.8 Å². The molecule has 2 aliphatic rings. The smallest absolute Gasteiger partial charge is 0.481 e. The van der Waals surface area contributed by atoms with E-state index in [2.05, 4.69) is 24.5 Å². The molecule has 0 aromatic heterocycles. The molecule has 1 saturated heterocycles. The van der Waals surface area contributed by atoms with Crippen molar-refractivity contribution < 1.29 is 33.1 Å². The van der Waals surface area contributed by atoms with Crippen molar-refractivity contribution in [2.24, 2.45) is 11.8 Å². The second-order valence-corrected chi connectivity index (χ2v) is 13.3. The van der Waals surface area contributed by atoms with Crippen LogP contribution in [0.25, 0.3) is 0 Å². The van der Waals surface area contributed by atoms with Gasteiger partial charge in [-0.3, -0.25) is 9.59 Å². The molecule has 4 rings (SSSR count). The molecular weight excluding hydrogens is 559 g/mol. The first kappa shape index (κ1) is 33.7. The molecule has 240 valence electrons. The Balaban J connectivity index is 1.55. The summed E-state index contributed by atoms with van der Waals surface area (Å²) in [7, 11) is 4.18. The van der Waals surface area contributed by atoms with E-state index < -0.39 is 24.4 Å². The Morgan fingerprint density at radius 3 is 2.16 bits per heavy atom. The van der Waals surface area contributed by atoms with Gasteiger partial charge in [-0.05, 0) is 76.5 Å². The van der Waals surface area contributed by atoms with E-state index in [9.17, 15) is 9.59 Å². The maximum absolute atomic E-state index is 14.0. The van der Waals surface area contributed by atoms with Gasteiger partial charge in [0.2, 0.25) is 17.6 Å². The zero-order valence-corrected chi connectivity index (χ0v) is 27.7. The van der Waals surface area contributed by atoms with Crippen LogP contribution in [0, 0.1) is 11.8 Å². The fourth-order valence-corrected chi connectivity index (χ4v) is 6.06. The fraction of sp³-hybridized carbons (Fsp3) is 0.588. The molecule has 10 heteroatoms. The molecule has 1 unspecified atom stereocenters. The molecule has 2 N–H and O–H groups in total. The van der Waals surface area contributed by atoms with Gasteiger partial charge >= 0.3 is 7.12 Å². The molecule has 2 aromatic rings. The number of ether oxygens (including phenoxy) is 3. The molecule has 0 bridgehead atoms. The van der Waals surface area contributed by atoms with E-state index in [1.807, 2.05) is 64.1 Å². The van der Waals surface area contributed by atoms with Crippen LogP contribution in [0.1, 0.15) is 71.1 Å². The molecule has 1 heterocycles. The topological polar surface area (TPSA) is 104 Å². The third-order valence-electron chi connectivity index (χ3n) is 9.17. The lowest BCUT2D eigenvalue weighted by molar-refractivity contribution is -0.131. The second kappa shape index (κ2) is 13.8. The van der Waals surface area contributed by atoms with E-state index in [4.69, 9.17) is 23.5 Å². The predicted molar refractivity (Wildman–Crippen MR) is 171 cm³/mol. The van der Waals surface area contributed by atoms with Crippen molar-refractivity contribution in [1.29, 1.82) is 0 Å². The number of methoxy groups -OCH3 is 3. The minimum atomic E-state index is -0.775. The lowest BCUT2D eigenvalue weighted by Gasteiger charge is -2.32. The number of benzene rings is 2. The van der Waals surface area contributed by atoms with Gasteiger partial charge < -0.3 is 34.2 Å². The average molecular weight is 609 g/mol. The van der Waals surface area contributed by atoms with Crippen LogP contribution >= 0.6 is 0 Å². The van der Waals surface area contributed by atoms with E-state index in [1.165, 1.54) is 0 Å². The van der Waals surface area contributed by atoms with Crippen molar-refractivity contribution in [3.63, 3.8) is 0 Å². The van der Waals surface area contributed by atoms with Crippen LogP contribution in [0.2, 0.25) is 0 Å². The number of rotatable bonds is 12. The van der Waals surface area contributed by atoms with Crippen LogP contribution in [0.5, 0.6) is 17.2 Å². The standard InChI is InChI=1S/C34H49BN2O7/c1-21(2)17-28(35-43-33(3,4)34(5,6)44-35)37-32(39)26(18-22-13-11-10-12-14-22)36-31(38)23-15-16-25-24(19-23)20-27(40-7)30(42-9)29(25)41-8/h10-14,20-21,23,26,28H,15-19H2,1-9H3,(H,36,38)(H,37,39)/t23?,26-,28-/m0/s1. The molecule has 0 saturated carbocycles. The molecule has 9 nitrogen and oxygen atoms in total. The maximum atomic E-state index is 14.0. The Bertz CT molecular complexity index is 1300. The summed E-state index contributed by atoms with van der Waals surface area (Å²) in [5, 5.41) is 6.31. The normalized spacial score (nSPS) is 20.0. The number of hydrogen-bond acceptors (Lipinski definition) is 7. The van der Waals surface area contributed by atoms with Crippen molar-refractivity contribution in [3.05, 3.63) is 53.1 Å². The van der Waals surface area contributed by atoms with Gasteiger partial charge in [0, 0.05) is 17.9 Å². The second-order valence-electron chi connectivity index (χ2n) is 13.3. The molecule has 3 atom stereocenters. The summed E-state index contributed by atoms with van der Waals surface area (Å²) in [5.74, 6) is 0.931. The molecule has 44 heavy (non-hydrogen) atoms. The fourth-order valence-electron chi connectivity index (χ4n) is 6.06. The highest BCUT2D eigenvalue weighted by atomic mass is 16.7. The maximum Gasteiger partial charge on any atom is 0.481 e. The van der Waals surface area contributed by atoms with Crippen molar-refractivity contribution in [3.8, 4) is 17.2 Å². The molecule has 2 aromatic carbocycles. The highest BCUT2D eigenvalue weighted by Crippen LogP contribution is 2.45. The third-order valence-corrected chi connectivity index (χ3v) is 9.17. The van der Waals surface area contributed by atoms with Gasteiger partial charge in [-0.15, -0.1) is 0 Å². The Kier molecular flexibility index (Phi) is 10.6. The molecular formula is C34H49BN2O7. The first-order valence-electron chi connectivity index (χ1n) is 15.6. The van der Waals surface area contributed by atoms with Gasteiger partial charge in [0.15, 0.2) is 11.5 Å². The molecule has 1 fully saturated rings. The van der Waals surface area contributed by atoms with E-state index in [-0.39, 0.29) is 29.6 Å². The zero-order valence-electron chi connectivity index (χ0n) is 27.7. The lowest BCUT2D eigenvalue weighted by Crippen LogP contribution is -2.56. The van der Waals surface area contributed by atoms with Crippen molar-refractivity contribution in [1.82, 2.24) is 10.6 Å². The zero-order chi connectivity index (χ0) is 32.2. The predicted octanol–water partition coefficient (Wildman–Crippen LogP) is 4.71. The summed E-state index contributed by atoms with van der Waals surface area (Å²) in [4.78, 5) is 27.8. The Morgan fingerprint density at radius 1 is 0.955 bits per heavy atom. The minimum absolute atomic E-state index is 0.156. The Hall–Kier alpha value is -3.24. The molecule has 0 spiro atoms. The van der Waals surface area contributed by atoms with Crippen LogP contribution in [-0.4, -0.2) is 63.4 Å². The molecule has 2 amide bonds. The Labute approximate surface area is 262 Å². The van der Waals surface area contributed by atoms with Crippen LogP contribution in [-0.2, 0) is 38.2 Å². The van der Waals surface area contributed by atoms with Gasteiger partial charge in [0.05, 0.1) is 38.5 Å². The number of hydrogen-bond donors (Lipinski definition) is 2. The van der Waals surface area contributed by atoms with Crippen LogP contribution in [0.3, 0.4) is 0 Å². The van der Waals surface area contributed by atoms with Gasteiger partial charge in [0.25, 0.3) is 0 Å². The highest BCUT2D eigenvalue weighted by molar-refractivity contribution is 6.48. The number of carbonyl (C=O) groups is 2. The first-order chi connectivity index (χ1) is 20.8. The van der Waals surface area contributed by atoms with Crippen LogP contribution in [0.15, 0.2) is 36.4 Å². The van der Waals surface area contributed by atoms with Crippen molar-refractivity contribution in [2.75, 3.05) is 21.3 Å². The molecule has 1 aliphatic carbocycles. The number of nitrogens with one attached hydrogen (secondary N) is 2.